The smallest absolute Gasteiger partial charge is 0.263 e. The van der Waals surface area contributed by atoms with E-state index >= 15 is 0 Å². The van der Waals surface area contributed by atoms with Crippen molar-refractivity contribution in [3.63, 3.8) is 0 Å². The molecule has 1 N–H and O–H groups in total. The minimum atomic E-state index is -0.212. The third kappa shape index (κ3) is 3.83. The molecule has 0 aliphatic carbocycles. The summed E-state index contributed by atoms with van der Waals surface area (Å²) in [6.07, 6.45) is 0. The van der Waals surface area contributed by atoms with Crippen LogP contribution in [0.4, 0.5) is 0 Å². The first-order valence-corrected chi connectivity index (χ1v) is 8.44. The average molecular weight is 324 g/mol. The van der Waals surface area contributed by atoms with Crippen molar-refractivity contribution < 1.29 is 9.63 Å². The highest BCUT2D eigenvalue weighted by molar-refractivity contribution is 5.83. The van der Waals surface area contributed by atoms with E-state index in [2.05, 4.69) is 31.3 Å². The number of hydroxylamine groups is 2. The Morgan fingerprint density at radius 3 is 2.42 bits per heavy atom. The number of nitrogens with one attached hydrogen (secondary N) is 1. The number of carbonyl (C=O) groups excluding carboxylic acids is 1. The van der Waals surface area contributed by atoms with Crippen LogP contribution in [0.25, 0.3) is 0 Å². The SMILES string of the molecule is C[C@@H]1CN(OCc2ccccc2)C(=O)[C@@H]1N[C@H](C)c1ccccc1. The molecule has 1 aliphatic rings. The third-order valence-corrected chi connectivity index (χ3v) is 4.49. The second-order valence-corrected chi connectivity index (χ2v) is 6.41. The Morgan fingerprint density at radius 2 is 1.75 bits per heavy atom. The van der Waals surface area contributed by atoms with E-state index in [1.54, 1.807) is 0 Å². The molecule has 0 saturated carbocycles. The number of hydrogen-bond acceptors (Lipinski definition) is 3. The maximum absolute atomic E-state index is 12.6. The lowest BCUT2D eigenvalue weighted by atomic mass is 10.0. The van der Waals surface area contributed by atoms with Gasteiger partial charge in [-0.3, -0.25) is 14.9 Å². The maximum atomic E-state index is 12.6. The summed E-state index contributed by atoms with van der Waals surface area (Å²) in [5, 5.41) is 4.96. The average Bonchev–Trinajstić information content (AvgIpc) is 2.89. The lowest BCUT2D eigenvalue weighted by Crippen LogP contribution is -2.41. The first-order valence-electron chi connectivity index (χ1n) is 8.44. The highest BCUT2D eigenvalue weighted by Crippen LogP contribution is 2.23. The van der Waals surface area contributed by atoms with Crippen LogP contribution in [-0.2, 0) is 16.2 Å². The van der Waals surface area contributed by atoms with E-state index in [0.717, 1.165) is 5.56 Å². The Hall–Kier alpha value is -2.17. The molecule has 1 aliphatic heterocycles. The van der Waals surface area contributed by atoms with Gasteiger partial charge in [0, 0.05) is 12.0 Å². The molecule has 2 aromatic carbocycles. The van der Waals surface area contributed by atoms with Crippen LogP contribution < -0.4 is 5.32 Å². The molecule has 2 aromatic rings. The van der Waals surface area contributed by atoms with Gasteiger partial charge in [-0.25, -0.2) is 5.06 Å². The molecule has 0 spiro atoms. The number of hydrogen-bond donors (Lipinski definition) is 1. The van der Waals surface area contributed by atoms with Gasteiger partial charge in [0.2, 0.25) is 0 Å². The van der Waals surface area contributed by atoms with E-state index in [0.29, 0.717) is 13.2 Å². The number of nitrogens with zero attached hydrogens (tertiary/aromatic N) is 1. The van der Waals surface area contributed by atoms with Crippen LogP contribution in [0, 0.1) is 5.92 Å². The zero-order valence-corrected chi connectivity index (χ0v) is 14.2. The van der Waals surface area contributed by atoms with E-state index < -0.39 is 0 Å². The summed E-state index contributed by atoms with van der Waals surface area (Å²) in [7, 11) is 0. The molecule has 24 heavy (non-hydrogen) atoms. The summed E-state index contributed by atoms with van der Waals surface area (Å²) in [6, 6.07) is 20.0. The molecule has 1 saturated heterocycles. The second-order valence-electron chi connectivity index (χ2n) is 6.41. The lowest BCUT2D eigenvalue weighted by Gasteiger charge is -2.21. The molecular formula is C20H24N2O2. The Bertz CT molecular complexity index is 660. The molecule has 3 atom stereocenters. The molecule has 0 unspecified atom stereocenters. The molecule has 4 heteroatoms. The van der Waals surface area contributed by atoms with Gasteiger partial charge in [0.15, 0.2) is 0 Å². The van der Waals surface area contributed by atoms with Gasteiger partial charge >= 0.3 is 0 Å². The fourth-order valence-corrected chi connectivity index (χ4v) is 3.04. The van der Waals surface area contributed by atoms with Crippen molar-refractivity contribution in [2.24, 2.45) is 5.92 Å². The quantitative estimate of drug-likeness (QED) is 0.886. The first-order chi connectivity index (χ1) is 11.6. The van der Waals surface area contributed by atoms with Crippen molar-refractivity contribution in [2.75, 3.05) is 6.54 Å². The van der Waals surface area contributed by atoms with Crippen LogP contribution in [0.15, 0.2) is 60.7 Å². The van der Waals surface area contributed by atoms with Crippen molar-refractivity contribution in [3.05, 3.63) is 71.8 Å². The van der Waals surface area contributed by atoms with Crippen molar-refractivity contribution >= 4 is 5.91 Å². The van der Waals surface area contributed by atoms with E-state index in [4.69, 9.17) is 4.84 Å². The van der Waals surface area contributed by atoms with Gasteiger partial charge in [-0.2, -0.15) is 0 Å². The number of carbonyl (C=O) groups is 1. The molecular weight excluding hydrogens is 300 g/mol. The van der Waals surface area contributed by atoms with Gasteiger partial charge in [0.05, 0.1) is 12.6 Å². The predicted molar refractivity (Wildman–Crippen MR) is 93.9 cm³/mol. The van der Waals surface area contributed by atoms with Crippen LogP contribution in [0.1, 0.15) is 31.0 Å². The maximum Gasteiger partial charge on any atom is 0.263 e. The van der Waals surface area contributed by atoms with Gasteiger partial charge in [-0.1, -0.05) is 67.6 Å². The molecule has 4 nitrogen and oxygen atoms in total. The van der Waals surface area contributed by atoms with Crippen LogP contribution in [0.2, 0.25) is 0 Å². The summed E-state index contributed by atoms with van der Waals surface area (Å²) in [6.45, 7) is 5.20. The summed E-state index contributed by atoms with van der Waals surface area (Å²) in [5.41, 5.74) is 2.24. The molecule has 1 fully saturated rings. The van der Waals surface area contributed by atoms with E-state index in [-0.39, 0.29) is 23.9 Å². The van der Waals surface area contributed by atoms with Crippen molar-refractivity contribution in [3.8, 4) is 0 Å². The number of rotatable bonds is 6. The van der Waals surface area contributed by atoms with Crippen molar-refractivity contribution in [1.82, 2.24) is 10.4 Å². The summed E-state index contributed by atoms with van der Waals surface area (Å²) < 4.78 is 0. The first kappa shape index (κ1) is 16.7. The topological polar surface area (TPSA) is 41.6 Å². The lowest BCUT2D eigenvalue weighted by molar-refractivity contribution is -0.183. The zero-order chi connectivity index (χ0) is 16.9. The largest absolute Gasteiger partial charge is 0.299 e. The molecule has 3 rings (SSSR count). The Balaban J connectivity index is 1.58. The van der Waals surface area contributed by atoms with Crippen LogP contribution >= 0.6 is 0 Å². The summed E-state index contributed by atoms with van der Waals surface area (Å²) in [4.78, 5) is 18.4. The van der Waals surface area contributed by atoms with Crippen LogP contribution in [0.3, 0.4) is 0 Å². The van der Waals surface area contributed by atoms with Gasteiger partial charge in [-0.15, -0.1) is 0 Å². The van der Waals surface area contributed by atoms with Gasteiger partial charge in [-0.05, 0) is 18.1 Å². The molecule has 126 valence electrons. The fourth-order valence-electron chi connectivity index (χ4n) is 3.04. The standard InChI is InChI=1S/C20H24N2O2/c1-15-13-22(24-14-17-9-5-3-6-10-17)20(23)19(15)21-16(2)18-11-7-4-8-12-18/h3-12,15-16,19,21H,13-14H2,1-2H3/t15-,16-,19-/m1/s1. The highest BCUT2D eigenvalue weighted by atomic mass is 16.7. The second kappa shape index (κ2) is 7.60. The van der Waals surface area contributed by atoms with E-state index in [9.17, 15) is 4.79 Å². The summed E-state index contributed by atoms with van der Waals surface area (Å²) in [5.74, 6) is 0.223. The Morgan fingerprint density at radius 1 is 1.12 bits per heavy atom. The van der Waals surface area contributed by atoms with Crippen molar-refractivity contribution in [2.45, 2.75) is 32.5 Å². The molecule has 0 aromatic heterocycles. The minimum Gasteiger partial charge on any atom is -0.299 e. The summed E-state index contributed by atoms with van der Waals surface area (Å²) >= 11 is 0. The van der Waals surface area contributed by atoms with E-state index in [1.165, 1.54) is 10.6 Å². The molecule has 1 heterocycles. The van der Waals surface area contributed by atoms with Gasteiger partial charge in [0.1, 0.15) is 6.61 Å². The Kier molecular flexibility index (Phi) is 5.28. The molecule has 0 bridgehead atoms. The third-order valence-electron chi connectivity index (χ3n) is 4.49. The normalized spacial score (nSPS) is 21.9. The fraction of sp³-hybridized carbons (Fsp3) is 0.350. The minimum absolute atomic E-state index is 0.0150. The molecule has 1 amide bonds. The van der Waals surface area contributed by atoms with Crippen molar-refractivity contribution in [1.29, 1.82) is 0 Å². The van der Waals surface area contributed by atoms with Crippen LogP contribution in [0.5, 0.6) is 0 Å². The van der Waals surface area contributed by atoms with Crippen LogP contribution in [-0.4, -0.2) is 23.6 Å². The number of benzene rings is 2. The molecule has 0 radical (unpaired) electrons. The van der Waals surface area contributed by atoms with Gasteiger partial charge in [0.25, 0.3) is 5.91 Å². The van der Waals surface area contributed by atoms with E-state index in [1.807, 2.05) is 48.5 Å². The highest BCUT2D eigenvalue weighted by Gasteiger charge is 2.39. The predicted octanol–water partition coefficient (Wildman–Crippen LogP) is 3.32. The van der Waals surface area contributed by atoms with Gasteiger partial charge < -0.3 is 0 Å². The zero-order valence-electron chi connectivity index (χ0n) is 14.2. The Labute approximate surface area is 143 Å². The monoisotopic (exact) mass is 324 g/mol. The number of amides is 1.